The summed E-state index contributed by atoms with van der Waals surface area (Å²) in [6.07, 6.45) is 0. The Hall–Kier alpha value is -5.00. The first-order valence-electron chi connectivity index (χ1n) is 12.8. The molecule has 2 aromatic heterocycles. The lowest BCUT2D eigenvalue weighted by atomic mass is 10.1. The Morgan fingerprint density at radius 3 is 2.00 bits per heavy atom. The van der Waals surface area contributed by atoms with Crippen LogP contribution in [-0.4, -0.2) is 16.4 Å². The standard InChI is InChI=1S/C34H24N4S/c1-22(23-12-4-2-5-13-23)36-33(24-14-6-3-7-15-24)37-34(35)38-29-18-10-8-16-25(29)27-20-21-28-26-17-9-11-19-30(26)39-32(28)31(27)38/h2-21H,1H2,(H2,35,36,37). The zero-order valence-electron chi connectivity index (χ0n) is 21.1. The van der Waals surface area contributed by atoms with Crippen LogP contribution in [0, 0.1) is 0 Å². The molecule has 39 heavy (non-hydrogen) atoms. The molecule has 7 rings (SSSR count). The van der Waals surface area contributed by atoms with Gasteiger partial charge in [-0.3, -0.25) is 4.57 Å². The highest BCUT2D eigenvalue weighted by molar-refractivity contribution is 7.26. The van der Waals surface area contributed by atoms with Crippen LogP contribution < -0.4 is 5.73 Å². The number of nitrogens with zero attached hydrogens (tertiary/aromatic N) is 3. The van der Waals surface area contributed by atoms with E-state index in [4.69, 9.17) is 15.7 Å². The van der Waals surface area contributed by atoms with E-state index in [2.05, 4.69) is 65.7 Å². The van der Waals surface area contributed by atoms with E-state index in [1.807, 2.05) is 66.7 Å². The smallest absolute Gasteiger partial charge is 0.207 e. The minimum atomic E-state index is 0.356. The van der Waals surface area contributed by atoms with E-state index in [1.165, 1.54) is 20.2 Å². The van der Waals surface area contributed by atoms with Gasteiger partial charge in [-0.15, -0.1) is 11.3 Å². The van der Waals surface area contributed by atoms with Gasteiger partial charge in [0, 0.05) is 31.8 Å². The lowest BCUT2D eigenvalue weighted by molar-refractivity contribution is 1.23. The number of rotatable bonds is 3. The lowest BCUT2D eigenvalue weighted by Crippen LogP contribution is -2.24. The molecule has 0 amide bonds. The highest BCUT2D eigenvalue weighted by Crippen LogP contribution is 2.41. The molecule has 0 aliphatic carbocycles. The molecule has 0 bridgehead atoms. The van der Waals surface area contributed by atoms with Crippen LogP contribution in [0.25, 0.3) is 47.7 Å². The number of para-hydroxylation sites is 1. The predicted octanol–water partition coefficient (Wildman–Crippen LogP) is 8.44. The van der Waals surface area contributed by atoms with Crippen LogP contribution in [0.5, 0.6) is 0 Å². The van der Waals surface area contributed by atoms with Gasteiger partial charge in [-0.2, -0.15) is 4.99 Å². The predicted molar refractivity (Wildman–Crippen MR) is 168 cm³/mol. The molecule has 0 radical (unpaired) electrons. The minimum absolute atomic E-state index is 0.356. The molecule has 7 aromatic rings. The van der Waals surface area contributed by atoms with Gasteiger partial charge in [0.15, 0.2) is 5.84 Å². The summed E-state index contributed by atoms with van der Waals surface area (Å²) in [5.41, 5.74) is 11.4. The lowest BCUT2D eigenvalue weighted by Gasteiger charge is -2.10. The maximum atomic E-state index is 6.92. The second kappa shape index (κ2) is 9.39. The summed E-state index contributed by atoms with van der Waals surface area (Å²) in [6.45, 7) is 4.22. The van der Waals surface area contributed by atoms with Gasteiger partial charge >= 0.3 is 0 Å². The molecule has 4 nitrogen and oxygen atoms in total. The number of amidine groups is 1. The summed E-state index contributed by atoms with van der Waals surface area (Å²) in [4.78, 5) is 9.83. The van der Waals surface area contributed by atoms with Crippen molar-refractivity contribution in [1.82, 2.24) is 4.57 Å². The van der Waals surface area contributed by atoms with Crippen molar-refractivity contribution in [2.24, 2.45) is 15.7 Å². The van der Waals surface area contributed by atoms with Gasteiger partial charge in [0.25, 0.3) is 0 Å². The number of hydrogen-bond acceptors (Lipinski definition) is 2. The van der Waals surface area contributed by atoms with Crippen molar-refractivity contribution >= 4 is 70.8 Å². The van der Waals surface area contributed by atoms with Crippen molar-refractivity contribution in [1.29, 1.82) is 0 Å². The molecule has 2 heterocycles. The summed E-state index contributed by atoms with van der Waals surface area (Å²) < 4.78 is 4.51. The van der Waals surface area contributed by atoms with E-state index in [0.29, 0.717) is 17.5 Å². The van der Waals surface area contributed by atoms with Crippen molar-refractivity contribution in [2.75, 3.05) is 0 Å². The zero-order chi connectivity index (χ0) is 26.3. The first-order chi connectivity index (χ1) is 19.2. The molecule has 0 aliphatic rings. The molecular weight excluding hydrogens is 496 g/mol. The highest BCUT2D eigenvalue weighted by Gasteiger charge is 2.19. The van der Waals surface area contributed by atoms with Crippen molar-refractivity contribution in [3.63, 3.8) is 0 Å². The molecule has 0 aliphatic heterocycles. The normalized spacial score (nSPS) is 12.6. The van der Waals surface area contributed by atoms with Gasteiger partial charge in [-0.25, -0.2) is 4.99 Å². The number of thiophene rings is 1. The fourth-order valence-electron chi connectivity index (χ4n) is 5.19. The maximum Gasteiger partial charge on any atom is 0.207 e. The van der Waals surface area contributed by atoms with E-state index in [-0.39, 0.29) is 0 Å². The van der Waals surface area contributed by atoms with Crippen LogP contribution in [0.1, 0.15) is 11.1 Å². The van der Waals surface area contributed by atoms with E-state index >= 15 is 0 Å². The highest BCUT2D eigenvalue weighted by atomic mass is 32.1. The minimum Gasteiger partial charge on any atom is -0.369 e. The summed E-state index contributed by atoms with van der Waals surface area (Å²) in [7, 11) is 0. The quantitative estimate of drug-likeness (QED) is 0.184. The van der Waals surface area contributed by atoms with Crippen molar-refractivity contribution in [2.45, 2.75) is 0 Å². The molecule has 5 aromatic carbocycles. The summed E-state index contributed by atoms with van der Waals surface area (Å²) in [6, 6.07) is 41.1. The number of benzene rings is 5. The largest absolute Gasteiger partial charge is 0.369 e. The summed E-state index contributed by atoms with van der Waals surface area (Å²) >= 11 is 1.79. The first-order valence-corrected chi connectivity index (χ1v) is 13.6. The number of aromatic nitrogens is 1. The molecule has 0 atom stereocenters. The number of fused-ring (bicyclic) bond motifs is 7. The van der Waals surface area contributed by atoms with Gasteiger partial charge in [-0.05, 0) is 17.7 Å². The summed E-state index contributed by atoms with van der Waals surface area (Å²) in [5, 5.41) is 4.75. The third kappa shape index (κ3) is 3.92. The van der Waals surface area contributed by atoms with Crippen molar-refractivity contribution in [3.05, 3.63) is 139 Å². The maximum absolute atomic E-state index is 6.92. The molecule has 5 heteroatoms. The third-order valence-electron chi connectivity index (χ3n) is 7.01. The van der Waals surface area contributed by atoms with E-state index in [9.17, 15) is 0 Å². The second-order valence-corrected chi connectivity index (χ2v) is 10.4. The molecular formula is C34H24N4S. The number of nitrogens with two attached hydrogens (primary N) is 1. The Kier molecular flexibility index (Phi) is 5.57. The van der Waals surface area contributed by atoms with E-state index in [0.717, 1.165) is 32.9 Å². The average Bonchev–Trinajstić information content (AvgIpc) is 3.54. The van der Waals surface area contributed by atoms with E-state index in [1.54, 1.807) is 11.3 Å². The molecule has 0 spiro atoms. The molecule has 0 saturated heterocycles. The van der Waals surface area contributed by atoms with Crippen LogP contribution in [0.4, 0.5) is 0 Å². The summed E-state index contributed by atoms with van der Waals surface area (Å²) in [5.74, 6) is 0.867. The zero-order valence-corrected chi connectivity index (χ0v) is 21.9. The van der Waals surface area contributed by atoms with E-state index < -0.39 is 0 Å². The Morgan fingerprint density at radius 2 is 1.23 bits per heavy atom. The van der Waals surface area contributed by atoms with Gasteiger partial charge in [-0.1, -0.05) is 116 Å². The number of hydrogen-bond donors (Lipinski definition) is 1. The van der Waals surface area contributed by atoms with Crippen molar-refractivity contribution < 1.29 is 0 Å². The van der Waals surface area contributed by atoms with Crippen LogP contribution in [-0.2, 0) is 0 Å². The van der Waals surface area contributed by atoms with Crippen LogP contribution >= 0.6 is 11.3 Å². The van der Waals surface area contributed by atoms with Crippen LogP contribution in [0.3, 0.4) is 0 Å². The van der Waals surface area contributed by atoms with Crippen LogP contribution in [0.2, 0.25) is 0 Å². The third-order valence-corrected chi connectivity index (χ3v) is 8.20. The Bertz CT molecular complexity index is 2080. The Balaban J connectivity index is 1.50. The Labute approximate surface area is 229 Å². The first kappa shape index (κ1) is 23.1. The topological polar surface area (TPSA) is 55.7 Å². The molecule has 0 unspecified atom stereocenters. The average molecular weight is 521 g/mol. The van der Waals surface area contributed by atoms with Gasteiger partial charge in [0.05, 0.1) is 21.4 Å². The Morgan fingerprint density at radius 1 is 0.615 bits per heavy atom. The SMILES string of the molecule is C=C(N=C(N=C(N)n1c2ccccc2c2ccc3c4ccccc4sc3c21)c1ccccc1)c1ccccc1. The second-order valence-electron chi connectivity index (χ2n) is 9.37. The number of aliphatic imine (C=N–C) groups is 2. The molecule has 2 N–H and O–H groups in total. The van der Waals surface area contributed by atoms with Crippen LogP contribution in [0.15, 0.2) is 138 Å². The van der Waals surface area contributed by atoms with Gasteiger partial charge in [0.2, 0.25) is 5.96 Å². The molecule has 0 fully saturated rings. The fourth-order valence-corrected chi connectivity index (χ4v) is 6.43. The monoisotopic (exact) mass is 520 g/mol. The van der Waals surface area contributed by atoms with Crippen molar-refractivity contribution in [3.8, 4) is 0 Å². The molecule has 186 valence electrons. The van der Waals surface area contributed by atoms with Gasteiger partial charge in [0.1, 0.15) is 0 Å². The molecule has 0 saturated carbocycles. The van der Waals surface area contributed by atoms with Gasteiger partial charge < -0.3 is 5.73 Å². The fraction of sp³-hybridized carbons (Fsp3) is 0.